The van der Waals surface area contributed by atoms with Crippen molar-refractivity contribution < 1.29 is 22.7 Å². The van der Waals surface area contributed by atoms with E-state index in [9.17, 15) is 18.0 Å². The molecule has 3 aromatic rings. The Morgan fingerprint density at radius 3 is 2.26 bits per heavy atom. The van der Waals surface area contributed by atoms with Gasteiger partial charge in [0.1, 0.15) is 18.3 Å². The molecule has 0 saturated heterocycles. The topological polar surface area (TPSA) is 96.0 Å². The Labute approximate surface area is 225 Å². The number of rotatable bonds is 12. The molecule has 0 aromatic heterocycles. The molecule has 0 radical (unpaired) electrons. The molecule has 2 amide bonds. The molecule has 3 aromatic carbocycles. The van der Waals surface area contributed by atoms with E-state index in [0.717, 1.165) is 15.4 Å². The van der Waals surface area contributed by atoms with Crippen molar-refractivity contribution in [2.75, 3.05) is 25.0 Å². The van der Waals surface area contributed by atoms with Gasteiger partial charge in [0.05, 0.1) is 17.7 Å². The number of ether oxygens (including phenoxy) is 1. The molecule has 0 heterocycles. The molecule has 0 fully saturated rings. The fraction of sp³-hybridized carbons (Fsp3) is 0.310. The third-order valence-corrected chi connectivity index (χ3v) is 8.14. The maximum absolute atomic E-state index is 14.0. The van der Waals surface area contributed by atoms with Crippen LogP contribution in [0.4, 0.5) is 5.69 Å². The lowest BCUT2D eigenvalue weighted by Gasteiger charge is -2.33. The van der Waals surface area contributed by atoms with Gasteiger partial charge in [0.15, 0.2) is 0 Å². The Balaban J connectivity index is 2.09. The number of para-hydroxylation sites is 1. The number of aryl methyl sites for hydroxylation is 1. The number of sulfonamides is 1. The van der Waals surface area contributed by atoms with Crippen molar-refractivity contribution >= 4 is 27.5 Å². The van der Waals surface area contributed by atoms with Crippen molar-refractivity contribution in [1.29, 1.82) is 0 Å². The minimum Gasteiger partial charge on any atom is -0.497 e. The summed E-state index contributed by atoms with van der Waals surface area (Å²) in [4.78, 5) is 28.3. The van der Waals surface area contributed by atoms with Gasteiger partial charge >= 0.3 is 0 Å². The van der Waals surface area contributed by atoms with Crippen LogP contribution in [0.5, 0.6) is 5.75 Å². The lowest BCUT2D eigenvalue weighted by atomic mass is 10.1. The molecule has 0 aliphatic carbocycles. The van der Waals surface area contributed by atoms with Crippen molar-refractivity contribution in [3.8, 4) is 5.75 Å². The average molecular weight is 538 g/mol. The molecule has 0 spiro atoms. The zero-order chi connectivity index (χ0) is 27.7. The van der Waals surface area contributed by atoms with Gasteiger partial charge in [0, 0.05) is 13.6 Å². The molecule has 202 valence electrons. The van der Waals surface area contributed by atoms with E-state index in [4.69, 9.17) is 4.74 Å². The van der Waals surface area contributed by atoms with Crippen LogP contribution in [0.25, 0.3) is 0 Å². The van der Waals surface area contributed by atoms with E-state index in [-0.39, 0.29) is 17.3 Å². The summed E-state index contributed by atoms with van der Waals surface area (Å²) in [5, 5.41) is 2.63. The van der Waals surface area contributed by atoms with Crippen molar-refractivity contribution in [1.82, 2.24) is 10.2 Å². The summed E-state index contributed by atoms with van der Waals surface area (Å²) >= 11 is 0. The van der Waals surface area contributed by atoms with Crippen LogP contribution >= 0.6 is 0 Å². The summed E-state index contributed by atoms with van der Waals surface area (Å²) in [7, 11) is -1.02. The van der Waals surface area contributed by atoms with Gasteiger partial charge in [-0.15, -0.1) is 0 Å². The maximum Gasteiger partial charge on any atom is 0.264 e. The summed E-state index contributed by atoms with van der Waals surface area (Å²) in [5.74, 6) is -0.197. The lowest BCUT2D eigenvalue weighted by Crippen LogP contribution is -2.51. The molecule has 0 saturated carbocycles. The highest BCUT2D eigenvalue weighted by atomic mass is 32.2. The van der Waals surface area contributed by atoms with Crippen LogP contribution in [-0.2, 0) is 32.6 Å². The van der Waals surface area contributed by atoms with Gasteiger partial charge in [-0.3, -0.25) is 13.9 Å². The van der Waals surface area contributed by atoms with Crippen LogP contribution in [0.15, 0.2) is 83.8 Å². The number of hydrogen-bond donors (Lipinski definition) is 1. The van der Waals surface area contributed by atoms with Gasteiger partial charge < -0.3 is 15.0 Å². The van der Waals surface area contributed by atoms with Crippen LogP contribution in [-0.4, -0.2) is 51.9 Å². The van der Waals surface area contributed by atoms with Crippen molar-refractivity contribution in [3.63, 3.8) is 0 Å². The smallest absolute Gasteiger partial charge is 0.264 e. The second-order valence-corrected chi connectivity index (χ2v) is 10.6. The molecule has 9 heteroatoms. The van der Waals surface area contributed by atoms with Gasteiger partial charge in [-0.1, -0.05) is 62.4 Å². The number of nitrogens with zero attached hydrogens (tertiary/aromatic N) is 2. The molecule has 1 atom stereocenters. The van der Waals surface area contributed by atoms with Gasteiger partial charge in [0.2, 0.25) is 11.8 Å². The first kappa shape index (κ1) is 28.7. The second-order valence-electron chi connectivity index (χ2n) is 8.72. The molecule has 0 unspecified atom stereocenters. The van der Waals surface area contributed by atoms with E-state index in [1.54, 1.807) is 55.6 Å². The summed E-state index contributed by atoms with van der Waals surface area (Å²) in [5.41, 5.74) is 1.98. The predicted molar refractivity (Wildman–Crippen MR) is 148 cm³/mol. The number of carbonyl (C=O) groups is 2. The Morgan fingerprint density at radius 1 is 0.947 bits per heavy atom. The van der Waals surface area contributed by atoms with Crippen molar-refractivity contribution in [2.45, 2.75) is 44.2 Å². The van der Waals surface area contributed by atoms with Crippen molar-refractivity contribution in [2.24, 2.45) is 0 Å². The normalized spacial score (nSPS) is 11.9. The second kappa shape index (κ2) is 13.1. The molecule has 0 aliphatic heterocycles. The zero-order valence-corrected chi connectivity index (χ0v) is 23.1. The number of anilines is 1. The summed E-state index contributed by atoms with van der Waals surface area (Å²) in [6, 6.07) is 21.6. The minimum absolute atomic E-state index is 0.0800. The highest BCUT2D eigenvalue weighted by molar-refractivity contribution is 7.92. The van der Waals surface area contributed by atoms with Crippen LogP contribution in [0.2, 0.25) is 0 Å². The van der Waals surface area contributed by atoms with Crippen LogP contribution in [0.3, 0.4) is 0 Å². The lowest BCUT2D eigenvalue weighted by molar-refractivity contribution is -0.140. The largest absolute Gasteiger partial charge is 0.497 e. The summed E-state index contributed by atoms with van der Waals surface area (Å²) < 4.78 is 34.3. The number of methoxy groups -OCH3 is 1. The first-order valence-corrected chi connectivity index (χ1v) is 14.0. The molecule has 8 nitrogen and oxygen atoms in total. The first-order chi connectivity index (χ1) is 18.3. The number of hydrogen-bond acceptors (Lipinski definition) is 5. The number of amides is 2. The van der Waals surface area contributed by atoms with E-state index in [1.165, 1.54) is 24.1 Å². The maximum atomic E-state index is 14.0. The van der Waals surface area contributed by atoms with Crippen molar-refractivity contribution in [3.05, 3.63) is 90.0 Å². The van der Waals surface area contributed by atoms with E-state index >= 15 is 0 Å². The number of nitrogens with one attached hydrogen (secondary N) is 1. The monoisotopic (exact) mass is 537 g/mol. The Kier molecular flexibility index (Phi) is 9.90. The third kappa shape index (κ3) is 6.52. The third-order valence-electron chi connectivity index (χ3n) is 6.37. The number of carbonyl (C=O) groups excluding carboxylic acids is 2. The highest BCUT2D eigenvalue weighted by Crippen LogP contribution is 2.28. The van der Waals surface area contributed by atoms with Crippen LogP contribution in [0, 0.1) is 0 Å². The van der Waals surface area contributed by atoms with Gasteiger partial charge in [-0.05, 0) is 54.3 Å². The summed E-state index contributed by atoms with van der Waals surface area (Å²) in [6.07, 6.45) is 0.931. The highest BCUT2D eigenvalue weighted by Gasteiger charge is 2.34. The van der Waals surface area contributed by atoms with Crippen LogP contribution < -0.4 is 14.4 Å². The standard InChI is InChI=1S/C29H35N3O5S/c1-5-23-14-10-11-18-27(23)32(38(35,36)25-16-8-7-9-17-25)21-28(33)31(26(6-2)29(34)30-3)20-22-13-12-15-24(19-22)37-4/h7-19,26H,5-6,20-21H2,1-4H3,(H,30,34)/t26-/m0/s1. The summed E-state index contributed by atoms with van der Waals surface area (Å²) in [6.45, 7) is 3.39. The zero-order valence-electron chi connectivity index (χ0n) is 22.3. The molecule has 0 bridgehead atoms. The minimum atomic E-state index is -4.09. The number of benzene rings is 3. The molecular weight excluding hydrogens is 502 g/mol. The first-order valence-electron chi connectivity index (χ1n) is 12.6. The molecule has 3 rings (SSSR count). The van der Waals surface area contributed by atoms with E-state index in [0.29, 0.717) is 24.3 Å². The molecular formula is C29H35N3O5S. The Hall–Kier alpha value is -3.85. The molecule has 38 heavy (non-hydrogen) atoms. The average Bonchev–Trinajstić information content (AvgIpc) is 2.95. The fourth-order valence-electron chi connectivity index (χ4n) is 4.34. The quantitative estimate of drug-likeness (QED) is 0.377. The molecule has 1 N–H and O–H groups in total. The fourth-order valence-corrected chi connectivity index (χ4v) is 5.81. The Morgan fingerprint density at radius 2 is 1.63 bits per heavy atom. The SMILES string of the molecule is CCc1ccccc1N(CC(=O)N(Cc1cccc(OC)c1)[C@@H](CC)C(=O)NC)S(=O)(=O)c1ccccc1. The predicted octanol–water partition coefficient (Wildman–Crippen LogP) is 4.01. The van der Waals surface area contributed by atoms with Gasteiger partial charge in [-0.2, -0.15) is 0 Å². The van der Waals surface area contributed by atoms with Gasteiger partial charge in [-0.25, -0.2) is 8.42 Å². The molecule has 0 aliphatic rings. The van der Waals surface area contributed by atoms with E-state index < -0.39 is 28.5 Å². The van der Waals surface area contributed by atoms with E-state index in [1.807, 2.05) is 32.0 Å². The van der Waals surface area contributed by atoms with Crippen LogP contribution in [0.1, 0.15) is 31.4 Å². The van der Waals surface area contributed by atoms with E-state index in [2.05, 4.69) is 5.32 Å². The van der Waals surface area contributed by atoms with Gasteiger partial charge in [0.25, 0.3) is 10.0 Å². The number of likely N-dealkylation sites (N-methyl/N-ethyl adjacent to an activating group) is 1. The Bertz CT molecular complexity index is 1350.